The molecule has 17 heteroatoms. The molecule has 0 saturated carbocycles. The van der Waals surface area contributed by atoms with E-state index < -0.39 is 72.2 Å². The number of aliphatic carboxylic acids is 2. The van der Waals surface area contributed by atoms with Crippen LogP contribution < -0.4 is 21.7 Å². The Bertz CT molecular complexity index is 2160. The number of likely N-dealkylation sites (tertiary alicyclic amines) is 1. The molecule has 5 aromatic rings. The number of fused-ring (bicyclic) bond motifs is 2. The average molecular weight is 740 g/mol. The Labute approximate surface area is 308 Å². The van der Waals surface area contributed by atoms with Gasteiger partial charge in [-0.05, 0) is 42.5 Å². The molecule has 0 radical (unpaired) electrons. The molecule has 4 heterocycles. The smallest absolute Gasteiger partial charge is 0.326 e. The number of amides is 4. The maximum absolute atomic E-state index is 13.7. The standard InChI is InChI=1S/C37H41N9O8/c38-25(12-20-16-40-26-8-3-1-6-23(20)26)36(52)46-11-5-10-31(46)35(51)44-29(15-32(47)48)34(50)43-28(14-22-18-39-19-42-22)33(49)45-30(37(53)54)13-21-17-41-27-9-4-2-7-24(21)27/h1-4,6-9,16-19,25,28-31,40-41H,5,10-15,38H2,(H,39,42)(H,43,50)(H,44,51)(H,45,49)(H,47,48)(H,53,54)/t25-,28-,29-,30-,31-/m0/s1. The maximum Gasteiger partial charge on any atom is 0.326 e. The van der Waals surface area contributed by atoms with Crippen molar-refractivity contribution < 1.29 is 39.0 Å². The molecule has 4 amide bonds. The summed E-state index contributed by atoms with van der Waals surface area (Å²) >= 11 is 0. The van der Waals surface area contributed by atoms with Gasteiger partial charge in [0.05, 0.1) is 24.5 Å². The number of carbonyl (C=O) groups is 6. The third kappa shape index (κ3) is 8.58. The lowest BCUT2D eigenvalue weighted by atomic mass is 10.0. The lowest BCUT2D eigenvalue weighted by molar-refractivity contribution is -0.144. The molecule has 1 aliphatic rings. The molecule has 1 fully saturated rings. The van der Waals surface area contributed by atoms with Gasteiger partial charge in [-0.15, -0.1) is 0 Å². The van der Waals surface area contributed by atoms with E-state index in [1.807, 2.05) is 42.5 Å². The third-order valence-corrected chi connectivity index (χ3v) is 9.60. The number of imidazole rings is 1. The number of aromatic nitrogens is 4. The minimum absolute atomic E-state index is 0.0755. The summed E-state index contributed by atoms with van der Waals surface area (Å²) in [6, 6.07) is 8.43. The predicted octanol–water partition coefficient (Wildman–Crippen LogP) is 0.732. The van der Waals surface area contributed by atoms with E-state index in [1.54, 1.807) is 18.5 Å². The number of rotatable bonds is 16. The molecule has 0 unspecified atom stereocenters. The van der Waals surface area contributed by atoms with E-state index in [4.69, 9.17) is 5.73 Å². The van der Waals surface area contributed by atoms with E-state index in [-0.39, 0.29) is 32.2 Å². The van der Waals surface area contributed by atoms with Crippen molar-refractivity contribution in [2.24, 2.45) is 5.73 Å². The quantitative estimate of drug-likeness (QED) is 0.0685. The normalized spacial score (nSPS) is 16.4. The number of hydrogen-bond donors (Lipinski definition) is 9. The molecule has 0 aliphatic carbocycles. The summed E-state index contributed by atoms with van der Waals surface area (Å²) in [7, 11) is 0. The lowest BCUT2D eigenvalue weighted by Crippen LogP contribution is -2.59. The van der Waals surface area contributed by atoms with Crippen molar-refractivity contribution in [1.29, 1.82) is 0 Å². The van der Waals surface area contributed by atoms with Crippen molar-refractivity contribution in [3.63, 3.8) is 0 Å². The van der Waals surface area contributed by atoms with E-state index >= 15 is 0 Å². The zero-order valence-electron chi connectivity index (χ0n) is 29.1. The van der Waals surface area contributed by atoms with Gasteiger partial charge in [0.2, 0.25) is 23.6 Å². The second-order valence-electron chi connectivity index (χ2n) is 13.3. The topological polar surface area (TPSA) is 268 Å². The Morgan fingerprint density at radius 2 is 1.41 bits per heavy atom. The first-order valence-electron chi connectivity index (χ1n) is 17.5. The average Bonchev–Trinajstić information content (AvgIpc) is 3.98. The van der Waals surface area contributed by atoms with Crippen LogP contribution in [0.1, 0.15) is 36.1 Å². The molecule has 282 valence electrons. The Hall–Kier alpha value is -6.49. The van der Waals surface area contributed by atoms with Crippen LogP contribution in [0, 0.1) is 0 Å². The summed E-state index contributed by atoms with van der Waals surface area (Å²) in [6.07, 6.45) is 6.13. The van der Waals surface area contributed by atoms with Crippen molar-refractivity contribution in [3.8, 4) is 0 Å². The molecule has 3 aromatic heterocycles. The highest BCUT2D eigenvalue weighted by Gasteiger charge is 2.39. The van der Waals surface area contributed by atoms with E-state index in [0.29, 0.717) is 17.7 Å². The number of carboxylic acid groups (broad SMARTS) is 2. The summed E-state index contributed by atoms with van der Waals surface area (Å²) < 4.78 is 0. The van der Waals surface area contributed by atoms with Crippen molar-refractivity contribution in [3.05, 3.63) is 90.3 Å². The van der Waals surface area contributed by atoms with Gasteiger partial charge < -0.3 is 51.7 Å². The molecule has 0 bridgehead atoms. The number of nitrogens with one attached hydrogen (secondary N) is 6. The summed E-state index contributed by atoms with van der Waals surface area (Å²) in [5.74, 6) is -5.81. The fourth-order valence-electron chi connectivity index (χ4n) is 6.88. The maximum atomic E-state index is 13.7. The molecule has 54 heavy (non-hydrogen) atoms. The first-order valence-corrected chi connectivity index (χ1v) is 17.5. The van der Waals surface area contributed by atoms with Crippen LogP contribution in [-0.2, 0) is 48.0 Å². The molecule has 17 nitrogen and oxygen atoms in total. The number of benzene rings is 2. The van der Waals surface area contributed by atoms with Crippen molar-refractivity contribution in [1.82, 2.24) is 40.8 Å². The van der Waals surface area contributed by atoms with Crippen LogP contribution in [-0.4, -0.2) is 107 Å². The Kier molecular flexibility index (Phi) is 11.4. The molecule has 2 aromatic carbocycles. The van der Waals surface area contributed by atoms with Gasteiger partial charge in [-0.2, -0.15) is 0 Å². The van der Waals surface area contributed by atoms with Gasteiger partial charge in [-0.3, -0.25) is 24.0 Å². The summed E-state index contributed by atoms with van der Waals surface area (Å²) in [4.78, 5) is 93.1. The zero-order valence-corrected chi connectivity index (χ0v) is 29.1. The Balaban J connectivity index is 1.14. The number of carboxylic acids is 2. The van der Waals surface area contributed by atoms with Gasteiger partial charge in [0.25, 0.3) is 0 Å². The largest absolute Gasteiger partial charge is 0.481 e. The van der Waals surface area contributed by atoms with Crippen molar-refractivity contribution in [2.75, 3.05) is 6.54 Å². The predicted molar refractivity (Wildman–Crippen MR) is 195 cm³/mol. The third-order valence-electron chi connectivity index (χ3n) is 9.60. The highest BCUT2D eigenvalue weighted by Crippen LogP contribution is 2.23. The SMILES string of the molecule is N[C@@H](Cc1c[nH]c2ccccc12)C(=O)N1CCC[C@H]1C(=O)N[C@@H](CC(=O)O)C(=O)N[C@@H](Cc1c[nH]cn1)C(=O)N[C@@H](Cc1c[nH]c2ccccc12)C(=O)O. The minimum Gasteiger partial charge on any atom is -0.481 e. The molecule has 0 spiro atoms. The minimum atomic E-state index is -1.65. The van der Waals surface area contributed by atoms with Gasteiger partial charge in [0.15, 0.2) is 0 Å². The van der Waals surface area contributed by atoms with Gasteiger partial charge in [-0.25, -0.2) is 9.78 Å². The lowest BCUT2D eigenvalue weighted by Gasteiger charge is -2.28. The monoisotopic (exact) mass is 739 g/mol. The second-order valence-corrected chi connectivity index (χ2v) is 13.3. The number of hydrogen-bond acceptors (Lipinski definition) is 8. The van der Waals surface area contributed by atoms with E-state index in [2.05, 4.69) is 35.9 Å². The highest BCUT2D eigenvalue weighted by atomic mass is 16.4. The summed E-state index contributed by atoms with van der Waals surface area (Å²) in [5, 5.41) is 28.9. The molecule has 1 saturated heterocycles. The van der Waals surface area contributed by atoms with E-state index in [9.17, 15) is 39.0 Å². The van der Waals surface area contributed by atoms with E-state index in [0.717, 1.165) is 27.4 Å². The summed E-state index contributed by atoms with van der Waals surface area (Å²) in [6.45, 7) is 0.240. The first kappa shape index (κ1) is 37.3. The molecule has 10 N–H and O–H groups in total. The molecule has 5 atom stereocenters. The van der Waals surface area contributed by atoms with Gasteiger partial charge >= 0.3 is 11.9 Å². The van der Waals surface area contributed by atoms with Gasteiger partial charge in [0, 0.05) is 59.8 Å². The number of nitrogens with two attached hydrogens (primary N) is 1. The van der Waals surface area contributed by atoms with Crippen molar-refractivity contribution >= 4 is 57.4 Å². The number of H-pyrrole nitrogens is 3. The first-order chi connectivity index (χ1) is 26.0. The van der Waals surface area contributed by atoms with Gasteiger partial charge in [-0.1, -0.05) is 36.4 Å². The van der Waals surface area contributed by atoms with E-state index in [1.165, 1.54) is 17.4 Å². The number of aromatic amines is 3. The molecule has 1 aliphatic heterocycles. The Morgan fingerprint density at radius 3 is 2.02 bits per heavy atom. The van der Waals surface area contributed by atoms with Crippen LogP contribution in [0.5, 0.6) is 0 Å². The number of carbonyl (C=O) groups excluding carboxylic acids is 4. The van der Waals surface area contributed by atoms with Crippen molar-refractivity contribution in [2.45, 2.75) is 68.7 Å². The van der Waals surface area contributed by atoms with Crippen LogP contribution >= 0.6 is 0 Å². The Morgan fingerprint density at radius 1 is 0.796 bits per heavy atom. The number of nitrogens with zero attached hydrogens (tertiary/aromatic N) is 2. The molecule has 6 rings (SSSR count). The van der Waals surface area contributed by atoms with Gasteiger partial charge in [0.1, 0.15) is 24.2 Å². The molecular formula is C37H41N9O8. The summed E-state index contributed by atoms with van der Waals surface area (Å²) in [5.41, 5.74) is 9.86. The zero-order chi connectivity index (χ0) is 38.4. The number of para-hydroxylation sites is 2. The van der Waals surface area contributed by atoms with Crippen LogP contribution in [0.2, 0.25) is 0 Å². The van der Waals surface area contributed by atoms with Crippen LogP contribution in [0.15, 0.2) is 73.4 Å². The van der Waals surface area contributed by atoms with Crippen LogP contribution in [0.25, 0.3) is 21.8 Å². The van der Waals surface area contributed by atoms with Crippen LogP contribution in [0.3, 0.4) is 0 Å². The highest BCUT2D eigenvalue weighted by molar-refractivity contribution is 5.97. The molecular weight excluding hydrogens is 698 g/mol. The second kappa shape index (κ2) is 16.5. The fraction of sp³-hybridized carbons (Fsp3) is 0.324. The fourth-order valence-corrected chi connectivity index (χ4v) is 6.88. The van der Waals surface area contributed by atoms with Crippen LogP contribution in [0.4, 0.5) is 0 Å².